The van der Waals surface area contributed by atoms with Gasteiger partial charge in [-0.15, -0.1) is 0 Å². The lowest BCUT2D eigenvalue weighted by Crippen LogP contribution is -2.50. The number of carbonyl (C=O) groups is 2. The molecule has 0 fully saturated rings. The Labute approximate surface area is 199 Å². The number of likely N-dealkylation sites (N-methyl/N-ethyl adjacent to an activating group) is 1. The van der Waals surface area contributed by atoms with E-state index in [0.29, 0.717) is 12.1 Å². The Morgan fingerprint density at radius 3 is 2.85 bits per heavy atom. The third-order valence-electron chi connectivity index (χ3n) is 5.82. The summed E-state index contributed by atoms with van der Waals surface area (Å²) in [4.78, 5) is 33.4. The van der Waals surface area contributed by atoms with Crippen LogP contribution in [-0.4, -0.2) is 70.7 Å². The maximum atomic E-state index is 13.9. The molecule has 1 aromatic carbocycles. The van der Waals surface area contributed by atoms with Gasteiger partial charge >= 0.3 is 6.03 Å². The number of ether oxygens (including phenoxy) is 1. The van der Waals surface area contributed by atoms with Gasteiger partial charge in [0.1, 0.15) is 17.5 Å². The minimum Gasteiger partial charge on any atom is -0.472 e. The summed E-state index contributed by atoms with van der Waals surface area (Å²) in [6.07, 6.45) is 4.79. The van der Waals surface area contributed by atoms with Gasteiger partial charge in [-0.2, -0.15) is 0 Å². The van der Waals surface area contributed by atoms with Crippen LogP contribution in [0.1, 0.15) is 36.7 Å². The fourth-order valence-corrected chi connectivity index (χ4v) is 3.75. The van der Waals surface area contributed by atoms with Crippen LogP contribution in [0.4, 0.5) is 14.9 Å². The predicted molar refractivity (Wildman–Crippen MR) is 128 cm³/mol. The van der Waals surface area contributed by atoms with Crippen molar-refractivity contribution in [3.05, 3.63) is 59.5 Å². The Bertz CT molecular complexity index is 1060. The predicted octanol–water partition coefficient (Wildman–Crippen LogP) is 3.64. The van der Waals surface area contributed by atoms with E-state index in [1.807, 2.05) is 26.0 Å². The number of hydrogen-bond donors (Lipinski definition) is 2. The maximum Gasteiger partial charge on any atom is 0.321 e. The van der Waals surface area contributed by atoms with Gasteiger partial charge in [-0.25, -0.2) is 14.2 Å². The lowest BCUT2D eigenvalue weighted by molar-refractivity contribution is 0.0356. The van der Waals surface area contributed by atoms with E-state index in [1.54, 1.807) is 43.3 Å². The normalized spacial score (nSPS) is 19.1. The van der Waals surface area contributed by atoms with E-state index < -0.39 is 24.0 Å². The van der Waals surface area contributed by atoms with Crippen molar-refractivity contribution in [1.82, 2.24) is 14.8 Å². The highest BCUT2D eigenvalue weighted by Crippen LogP contribution is 2.28. The number of amides is 3. The van der Waals surface area contributed by atoms with Crippen LogP contribution in [0.25, 0.3) is 6.08 Å². The molecule has 34 heavy (non-hydrogen) atoms. The van der Waals surface area contributed by atoms with Gasteiger partial charge in [0.05, 0.1) is 24.9 Å². The first-order valence-corrected chi connectivity index (χ1v) is 11.2. The molecule has 0 saturated carbocycles. The number of para-hydroxylation sites is 1. The molecule has 2 heterocycles. The number of fused-ring (bicyclic) bond motifs is 1. The zero-order valence-corrected chi connectivity index (χ0v) is 19.9. The summed E-state index contributed by atoms with van der Waals surface area (Å²) in [5.74, 6) is -0.812. The highest BCUT2D eigenvalue weighted by Gasteiger charge is 2.34. The summed E-state index contributed by atoms with van der Waals surface area (Å²) in [6.45, 7) is 5.87. The summed E-state index contributed by atoms with van der Waals surface area (Å²) in [5, 5.41) is 12.3. The van der Waals surface area contributed by atoms with Gasteiger partial charge in [-0.05, 0) is 37.6 Å². The highest BCUT2D eigenvalue weighted by atomic mass is 19.1. The number of aromatic nitrogens is 1. The van der Waals surface area contributed by atoms with Crippen LogP contribution in [-0.2, 0) is 0 Å². The molecule has 1 aliphatic rings. The monoisotopic (exact) mass is 470 g/mol. The van der Waals surface area contributed by atoms with Crippen LogP contribution < -0.4 is 10.1 Å². The molecule has 0 bridgehead atoms. The third kappa shape index (κ3) is 5.72. The van der Waals surface area contributed by atoms with Crippen molar-refractivity contribution in [1.29, 1.82) is 0 Å². The van der Waals surface area contributed by atoms with Gasteiger partial charge in [-0.3, -0.25) is 4.79 Å². The molecule has 0 radical (unpaired) electrons. The number of allylic oxidation sites excluding steroid dienone is 1. The number of carbonyl (C=O) groups excluding carboxylic acids is 2. The molecule has 0 unspecified atom stereocenters. The number of pyridine rings is 1. The number of urea groups is 1. The fraction of sp³-hybridized carbons (Fsp3) is 0.400. The minimum absolute atomic E-state index is 0.0862. The number of nitrogens with zero attached hydrogens (tertiary/aromatic N) is 3. The first kappa shape index (κ1) is 25.2. The van der Waals surface area contributed by atoms with E-state index in [2.05, 4.69) is 10.3 Å². The van der Waals surface area contributed by atoms with E-state index in [1.165, 1.54) is 17.0 Å². The summed E-state index contributed by atoms with van der Waals surface area (Å²) in [5.41, 5.74) is 1.13. The molecule has 3 rings (SSSR count). The van der Waals surface area contributed by atoms with E-state index >= 15 is 0 Å². The van der Waals surface area contributed by atoms with E-state index in [0.717, 1.165) is 5.56 Å². The highest BCUT2D eigenvalue weighted by molar-refractivity contribution is 5.97. The van der Waals surface area contributed by atoms with Gasteiger partial charge in [0.15, 0.2) is 0 Å². The minimum atomic E-state index is -0.526. The molecule has 3 amide bonds. The lowest BCUT2D eigenvalue weighted by atomic mass is 10.00. The second-order valence-electron chi connectivity index (χ2n) is 8.53. The lowest BCUT2D eigenvalue weighted by Gasteiger charge is -2.37. The van der Waals surface area contributed by atoms with Gasteiger partial charge in [0.2, 0.25) is 5.88 Å². The van der Waals surface area contributed by atoms with Crippen LogP contribution in [0.3, 0.4) is 0 Å². The molecule has 1 aromatic heterocycles. The third-order valence-corrected chi connectivity index (χ3v) is 5.82. The molecular weight excluding hydrogens is 439 g/mol. The zero-order valence-electron chi connectivity index (χ0n) is 19.9. The standard InChI is InChI=1S/C25H31FN4O4/c1-5-8-18-11-19-23(27-12-18)34-22(16(2)13-30(24(19)32)17(3)15-31)14-29(4)25(33)28-21-10-7-6-9-20(21)26/h5-12,16-17,22,31H,13-15H2,1-4H3,(H,28,33)/b8-5+/t16-,17-,22+/m0/s1. The van der Waals surface area contributed by atoms with Crippen LogP contribution >= 0.6 is 0 Å². The smallest absolute Gasteiger partial charge is 0.321 e. The molecular formula is C25H31FN4O4. The second-order valence-corrected chi connectivity index (χ2v) is 8.53. The van der Waals surface area contributed by atoms with E-state index in [4.69, 9.17) is 4.74 Å². The molecule has 9 heteroatoms. The summed E-state index contributed by atoms with van der Waals surface area (Å²) < 4.78 is 20.1. The van der Waals surface area contributed by atoms with Crippen molar-refractivity contribution in [2.24, 2.45) is 5.92 Å². The first-order valence-electron chi connectivity index (χ1n) is 11.2. The van der Waals surface area contributed by atoms with Gasteiger partial charge < -0.3 is 25.0 Å². The van der Waals surface area contributed by atoms with Crippen LogP contribution in [0, 0.1) is 11.7 Å². The Hall–Kier alpha value is -3.46. The molecule has 1 aliphatic heterocycles. The van der Waals surface area contributed by atoms with Crippen LogP contribution in [0.15, 0.2) is 42.6 Å². The second kappa shape index (κ2) is 11.1. The maximum absolute atomic E-state index is 13.9. The Morgan fingerprint density at radius 1 is 1.44 bits per heavy atom. The molecule has 3 atom stereocenters. The number of halogens is 1. The van der Waals surface area contributed by atoms with Crippen LogP contribution in [0.5, 0.6) is 5.88 Å². The van der Waals surface area contributed by atoms with Gasteiger partial charge in [0, 0.05) is 25.7 Å². The first-order chi connectivity index (χ1) is 16.2. The number of hydrogen-bond acceptors (Lipinski definition) is 5. The van der Waals surface area contributed by atoms with Crippen LogP contribution in [0.2, 0.25) is 0 Å². The number of rotatable bonds is 6. The summed E-state index contributed by atoms with van der Waals surface area (Å²) >= 11 is 0. The molecule has 0 aliphatic carbocycles. The average molecular weight is 471 g/mol. The summed E-state index contributed by atoms with van der Waals surface area (Å²) in [7, 11) is 1.59. The van der Waals surface area contributed by atoms with Crippen molar-refractivity contribution >= 4 is 23.7 Å². The number of nitrogens with one attached hydrogen (secondary N) is 1. The zero-order chi connectivity index (χ0) is 24.8. The Morgan fingerprint density at radius 2 is 2.18 bits per heavy atom. The van der Waals surface area contributed by atoms with Crippen molar-refractivity contribution in [3.63, 3.8) is 0 Å². The Kier molecular flexibility index (Phi) is 8.22. The molecule has 0 saturated heterocycles. The fourth-order valence-electron chi connectivity index (χ4n) is 3.75. The number of aliphatic hydroxyl groups is 1. The number of anilines is 1. The molecule has 2 aromatic rings. The molecule has 8 nitrogen and oxygen atoms in total. The number of aliphatic hydroxyl groups excluding tert-OH is 1. The Balaban J connectivity index is 1.87. The molecule has 0 spiro atoms. The van der Waals surface area contributed by atoms with E-state index in [9.17, 15) is 19.1 Å². The van der Waals surface area contributed by atoms with Crippen molar-refractivity contribution < 1.29 is 23.8 Å². The van der Waals surface area contributed by atoms with Gasteiger partial charge in [0.25, 0.3) is 5.91 Å². The molecule has 2 N–H and O–H groups in total. The quantitative estimate of drug-likeness (QED) is 0.672. The van der Waals surface area contributed by atoms with Crippen molar-refractivity contribution in [3.8, 4) is 5.88 Å². The largest absolute Gasteiger partial charge is 0.472 e. The van der Waals surface area contributed by atoms with E-state index in [-0.39, 0.29) is 36.5 Å². The number of benzene rings is 1. The van der Waals surface area contributed by atoms with Crippen molar-refractivity contribution in [2.45, 2.75) is 32.9 Å². The van der Waals surface area contributed by atoms with Gasteiger partial charge in [-0.1, -0.05) is 31.2 Å². The SMILES string of the molecule is C/C=C/c1cnc2c(c1)C(=O)N([C@@H](C)CO)C[C@H](C)[C@@H](CN(C)C(=O)Nc1ccccc1F)O2. The summed E-state index contributed by atoms with van der Waals surface area (Å²) in [6, 6.07) is 6.75. The molecule has 182 valence electrons. The average Bonchev–Trinajstić information content (AvgIpc) is 2.82. The topological polar surface area (TPSA) is 95.0 Å². The van der Waals surface area contributed by atoms with Crippen molar-refractivity contribution in [2.75, 3.05) is 32.1 Å².